The van der Waals surface area contributed by atoms with Crippen LogP contribution in [-0.4, -0.2) is 71.7 Å². The first-order valence-corrected chi connectivity index (χ1v) is 0.595. The van der Waals surface area contributed by atoms with Gasteiger partial charge in [-0.15, -0.1) is 0 Å². The van der Waals surface area contributed by atoms with Crippen molar-refractivity contribution in [1.82, 2.24) is 0 Å². The zero-order chi connectivity index (χ0) is 2.00. The van der Waals surface area contributed by atoms with Crippen LogP contribution < -0.4 is 0 Å². The van der Waals surface area contributed by atoms with Crippen LogP contribution in [0.25, 0.3) is 0 Å². The van der Waals surface area contributed by atoms with Gasteiger partial charge in [-0.05, 0) is 0 Å². The quantitative estimate of drug-likeness (QED) is 0.440. The van der Waals surface area contributed by atoms with Crippen molar-refractivity contribution in [2.45, 2.75) is 0 Å². The molecule has 0 bridgehead atoms. The number of hydrogen-bond acceptors (Lipinski definition) is 1. The van der Waals surface area contributed by atoms with Crippen molar-refractivity contribution in [3.8, 4) is 0 Å². The van der Waals surface area contributed by atoms with Gasteiger partial charge in [-0.25, -0.2) is 0 Å². The Hall–Kier alpha value is 2.68. The van der Waals surface area contributed by atoms with Crippen LogP contribution in [-0.2, 0) is 19.8 Å². The van der Waals surface area contributed by atoms with Crippen molar-refractivity contribution in [3.05, 3.63) is 0 Å². The normalized spacial score (nSPS) is 1.25. The number of rotatable bonds is 0. The molecule has 0 heterocycles. The van der Waals surface area contributed by atoms with Gasteiger partial charge in [0.25, 0.3) is 0 Å². The minimum atomic E-state index is 0. The van der Waals surface area contributed by atoms with Crippen molar-refractivity contribution in [3.63, 3.8) is 0 Å². The summed E-state index contributed by atoms with van der Waals surface area (Å²) in [6.07, 6.45) is 0. The monoisotopic (exact) mass is 374 g/mol. The average Bonchev–Trinajstić information content (AvgIpc) is 1.00. The van der Waals surface area contributed by atoms with Gasteiger partial charge >= 0.3 is 91.5 Å². The first-order chi connectivity index (χ1) is 1.00. The second-order valence-electron chi connectivity index (χ2n) is 0. The summed E-state index contributed by atoms with van der Waals surface area (Å²) >= 11 is 2.00. The fourth-order valence-electron chi connectivity index (χ4n) is 0. The summed E-state index contributed by atoms with van der Waals surface area (Å²) in [5.41, 5.74) is 0. The van der Waals surface area contributed by atoms with E-state index in [4.69, 9.17) is 3.83 Å². The van der Waals surface area contributed by atoms with Crippen molar-refractivity contribution in [2.24, 2.45) is 0 Å². The van der Waals surface area contributed by atoms with Crippen LogP contribution in [0, 0.1) is 0 Å². The van der Waals surface area contributed by atoms with E-state index in [0.29, 0.717) is 0 Å². The predicted molar refractivity (Wildman–Crippen MR) is 19.2 cm³/mol. The van der Waals surface area contributed by atoms with Gasteiger partial charge in [-0.3, -0.25) is 0 Å². The van der Waals surface area contributed by atoms with Gasteiger partial charge in [0.2, 0.25) is 0 Å². The van der Waals surface area contributed by atoms with Crippen molar-refractivity contribution in [1.29, 1.82) is 0 Å². The van der Waals surface area contributed by atoms with E-state index in [-0.39, 0.29) is 71.7 Å². The van der Waals surface area contributed by atoms with Gasteiger partial charge in [0.1, 0.15) is 0 Å². The molecule has 0 aliphatic carbocycles. The molecule has 26 valence electrons. The molecule has 1 nitrogen and oxygen atoms in total. The van der Waals surface area contributed by atoms with Crippen LogP contribution in [0.2, 0.25) is 0 Å². The van der Waals surface area contributed by atoms with Crippen LogP contribution in [0.3, 0.4) is 0 Å². The third kappa shape index (κ3) is 8.82. The van der Waals surface area contributed by atoms with Crippen molar-refractivity contribution < 1.29 is 19.8 Å². The molecule has 4 heteroatoms. The molecular formula is H5BiFeOSr. The Balaban J connectivity index is -0.00000000500. The fraction of sp³-hybridized carbons (Fsp3) is 0. The molecule has 0 aromatic carbocycles. The first kappa shape index (κ1) is 15.9. The SMILES string of the molecule is [BiH3].[O]=[Fe].[SrH2]. The van der Waals surface area contributed by atoms with Crippen LogP contribution in [0.1, 0.15) is 0 Å². The molecular weight excluding hydrogens is 368 g/mol. The summed E-state index contributed by atoms with van der Waals surface area (Å²) in [5, 5.41) is 0. The molecule has 0 atom stereocenters. The Bertz CT molecular complexity index is 8.00. The molecule has 0 saturated heterocycles. The molecule has 0 N–H and O–H groups in total. The predicted octanol–water partition coefficient (Wildman–Crippen LogP) is -2.22. The van der Waals surface area contributed by atoms with Crippen molar-refractivity contribution in [2.75, 3.05) is 0 Å². The molecule has 0 aromatic heterocycles. The zero-order valence-corrected chi connectivity index (χ0v) is 8.07. The van der Waals surface area contributed by atoms with Gasteiger partial charge in [-0.2, -0.15) is 0 Å². The maximum absolute atomic E-state index is 8.00. The second-order valence-corrected chi connectivity index (χ2v) is 0. The number of hydrogen-bond donors (Lipinski definition) is 0. The Morgan fingerprint density at radius 2 is 1.25 bits per heavy atom. The standard InChI is InChI=1S/Bi.Fe.O.Sr.5H. The Kier molecular flexibility index (Phi) is 68.9. The summed E-state index contributed by atoms with van der Waals surface area (Å²) in [6.45, 7) is 0. The molecule has 0 spiro atoms. The third-order valence-corrected chi connectivity index (χ3v) is 0. The van der Waals surface area contributed by atoms with Crippen LogP contribution >= 0.6 is 0 Å². The summed E-state index contributed by atoms with van der Waals surface area (Å²) in [5.74, 6) is 0. The van der Waals surface area contributed by atoms with E-state index < -0.39 is 0 Å². The third-order valence-electron chi connectivity index (χ3n) is 0. The van der Waals surface area contributed by atoms with Gasteiger partial charge in [-0.1, -0.05) is 0 Å². The van der Waals surface area contributed by atoms with Gasteiger partial charge in [0.15, 0.2) is 0 Å². The molecule has 0 saturated carbocycles. The van der Waals surface area contributed by atoms with Gasteiger partial charge in [0.05, 0.1) is 0 Å². The molecule has 0 unspecified atom stereocenters. The molecule has 0 aliphatic heterocycles. The maximum atomic E-state index is 8.00. The van der Waals surface area contributed by atoms with E-state index in [9.17, 15) is 0 Å². The van der Waals surface area contributed by atoms with Crippen LogP contribution in [0.4, 0.5) is 0 Å². The van der Waals surface area contributed by atoms with Crippen LogP contribution in [0.15, 0.2) is 0 Å². The summed E-state index contributed by atoms with van der Waals surface area (Å²) < 4.78 is 8.00. The molecule has 0 amide bonds. The summed E-state index contributed by atoms with van der Waals surface area (Å²) in [7, 11) is 0. The van der Waals surface area contributed by atoms with Gasteiger partial charge < -0.3 is 0 Å². The first-order valence-electron chi connectivity index (χ1n) is 0.144. The van der Waals surface area contributed by atoms with Crippen molar-refractivity contribution >= 4 is 71.7 Å². The zero-order valence-electron chi connectivity index (χ0n) is 1.47. The molecule has 0 rings (SSSR count). The fourth-order valence-corrected chi connectivity index (χ4v) is 0. The molecule has 0 aromatic rings. The van der Waals surface area contributed by atoms with E-state index in [1.165, 1.54) is 0 Å². The topological polar surface area (TPSA) is 17.1 Å². The molecule has 0 fully saturated rings. The Labute approximate surface area is 89.3 Å². The van der Waals surface area contributed by atoms with Gasteiger partial charge in [0, 0.05) is 0 Å². The average molecular weight is 373 g/mol. The summed E-state index contributed by atoms with van der Waals surface area (Å²) in [4.78, 5) is 0. The minimum absolute atomic E-state index is 0. The van der Waals surface area contributed by atoms with Crippen LogP contribution in [0.5, 0.6) is 0 Å². The molecule has 0 radical (unpaired) electrons. The van der Waals surface area contributed by atoms with E-state index in [1.54, 1.807) is 0 Å². The Morgan fingerprint density at radius 3 is 1.25 bits per heavy atom. The molecule has 4 heavy (non-hydrogen) atoms. The summed E-state index contributed by atoms with van der Waals surface area (Å²) in [6, 6.07) is 0. The Morgan fingerprint density at radius 1 is 1.25 bits per heavy atom. The van der Waals surface area contributed by atoms with E-state index in [1.807, 2.05) is 15.9 Å². The van der Waals surface area contributed by atoms with E-state index in [0.717, 1.165) is 0 Å². The van der Waals surface area contributed by atoms with E-state index in [2.05, 4.69) is 0 Å². The van der Waals surface area contributed by atoms with E-state index >= 15 is 0 Å². The molecule has 0 aliphatic rings. The second kappa shape index (κ2) is 17.3.